The molecular weight excluding hydrogens is 373 g/mol. The number of likely N-dealkylation sites (N-methyl/N-ethyl adjacent to an activating group) is 1. The van der Waals surface area contributed by atoms with Crippen molar-refractivity contribution in [3.8, 4) is 0 Å². The molecule has 2 N–H and O–H groups in total. The first-order valence-corrected chi connectivity index (χ1v) is 10.7. The van der Waals surface area contributed by atoms with E-state index in [1.54, 1.807) is 0 Å². The Balaban J connectivity index is 1.35. The van der Waals surface area contributed by atoms with Gasteiger partial charge in [0.2, 0.25) is 0 Å². The van der Waals surface area contributed by atoms with E-state index in [2.05, 4.69) is 50.0 Å². The van der Waals surface area contributed by atoms with Crippen LogP contribution in [0.2, 0.25) is 0 Å². The highest BCUT2D eigenvalue weighted by atomic mass is 32.1. The topological polar surface area (TPSA) is 42.9 Å². The summed E-state index contributed by atoms with van der Waals surface area (Å²) in [5.74, 6) is 0.675. The molecule has 28 heavy (non-hydrogen) atoms. The fourth-order valence-electron chi connectivity index (χ4n) is 3.43. The Morgan fingerprint density at radius 3 is 2.64 bits per heavy atom. The smallest absolute Gasteiger partial charge is 0.191 e. The van der Waals surface area contributed by atoms with Crippen LogP contribution in [0.4, 0.5) is 9.39 Å². The Hall–Kier alpha value is -2.12. The van der Waals surface area contributed by atoms with Gasteiger partial charge in [0.25, 0.3) is 0 Å². The predicted molar refractivity (Wildman–Crippen MR) is 117 cm³/mol. The van der Waals surface area contributed by atoms with Crippen molar-refractivity contribution in [1.29, 1.82) is 0 Å². The van der Waals surface area contributed by atoms with Crippen LogP contribution >= 0.6 is 11.3 Å². The van der Waals surface area contributed by atoms with Crippen molar-refractivity contribution >= 4 is 22.3 Å². The summed E-state index contributed by atoms with van der Waals surface area (Å²) in [6.07, 6.45) is 2.23. The lowest BCUT2D eigenvalue weighted by molar-refractivity contribution is 0.330. The van der Waals surface area contributed by atoms with Gasteiger partial charge in [-0.2, -0.15) is 0 Å². The van der Waals surface area contributed by atoms with Gasteiger partial charge in [0.1, 0.15) is 5.82 Å². The maximum absolute atomic E-state index is 13.0. The number of halogens is 1. The van der Waals surface area contributed by atoms with E-state index in [0.29, 0.717) is 6.04 Å². The average molecular weight is 404 g/mol. The Morgan fingerprint density at radius 1 is 1.25 bits per heavy atom. The highest BCUT2D eigenvalue weighted by molar-refractivity contribution is 7.14. The minimum absolute atomic E-state index is 0.191. The molecule has 0 unspecified atom stereocenters. The lowest BCUT2D eigenvalue weighted by atomic mass is 10.1. The van der Waals surface area contributed by atoms with Crippen molar-refractivity contribution in [2.75, 3.05) is 45.2 Å². The van der Waals surface area contributed by atoms with Crippen LogP contribution in [0, 0.1) is 5.82 Å². The molecule has 3 rings (SSSR count). The molecule has 0 amide bonds. The fourth-order valence-corrected chi connectivity index (χ4v) is 4.21. The maximum Gasteiger partial charge on any atom is 0.191 e. The molecule has 5 nitrogen and oxygen atoms in total. The van der Waals surface area contributed by atoms with Gasteiger partial charge < -0.3 is 20.4 Å². The number of hydrogen-bond acceptors (Lipinski definition) is 4. The van der Waals surface area contributed by atoms with Crippen LogP contribution in [-0.2, 0) is 6.54 Å². The Labute approximate surface area is 171 Å². The van der Waals surface area contributed by atoms with Crippen LogP contribution in [0.15, 0.2) is 46.8 Å². The van der Waals surface area contributed by atoms with E-state index < -0.39 is 0 Å². The second kappa shape index (κ2) is 10.4. The van der Waals surface area contributed by atoms with Gasteiger partial charge in [0, 0.05) is 45.8 Å². The summed E-state index contributed by atoms with van der Waals surface area (Å²) >= 11 is 1.81. The second-order valence-electron chi connectivity index (χ2n) is 7.22. The average Bonchev–Trinajstić information content (AvgIpc) is 3.24. The van der Waals surface area contributed by atoms with Crippen molar-refractivity contribution in [3.05, 3.63) is 53.2 Å². The number of rotatable bonds is 7. The molecule has 7 heteroatoms. The highest BCUT2D eigenvalue weighted by Crippen LogP contribution is 2.24. The number of nitrogens with one attached hydrogen (secondary N) is 2. The third kappa shape index (κ3) is 6.21. The predicted octanol–water partition coefficient (Wildman–Crippen LogP) is 3.15. The van der Waals surface area contributed by atoms with E-state index in [1.165, 1.54) is 17.1 Å². The number of aliphatic imine (C=N–C) groups is 1. The van der Waals surface area contributed by atoms with Crippen LogP contribution in [0.3, 0.4) is 0 Å². The van der Waals surface area contributed by atoms with Crippen molar-refractivity contribution in [2.45, 2.75) is 25.4 Å². The molecule has 1 saturated heterocycles. The van der Waals surface area contributed by atoms with Crippen LogP contribution in [-0.4, -0.2) is 57.2 Å². The largest absolute Gasteiger partial charge is 0.363 e. The lowest BCUT2D eigenvalue weighted by Crippen LogP contribution is -2.49. The fraction of sp³-hybridized carbons (Fsp3) is 0.476. The van der Waals surface area contributed by atoms with E-state index in [0.717, 1.165) is 57.1 Å². The number of anilines is 1. The first-order valence-electron chi connectivity index (χ1n) is 9.82. The van der Waals surface area contributed by atoms with Gasteiger partial charge in [-0.15, -0.1) is 11.3 Å². The Morgan fingerprint density at radius 2 is 2.00 bits per heavy atom. The standard InChI is InChI=1S/C21H30FN5S/c1-23-21(24-11-14-26(2)16-17-5-7-18(22)8-6-17)25-19-9-12-27(13-10-19)20-4-3-15-28-20/h3-8,15,19H,9-14,16H2,1-2H3,(H2,23,24,25). The van der Waals surface area contributed by atoms with Gasteiger partial charge in [-0.25, -0.2) is 4.39 Å². The molecule has 1 aromatic heterocycles. The molecule has 1 aliphatic rings. The van der Waals surface area contributed by atoms with E-state index in [-0.39, 0.29) is 5.82 Å². The summed E-state index contributed by atoms with van der Waals surface area (Å²) in [4.78, 5) is 9.04. The number of nitrogens with zero attached hydrogens (tertiary/aromatic N) is 3. The molecule has 2 aromatic rings. The summed E-state index contributed by atoms with van der Waals surface area (Å²) in [6, 6.07) is 11.5. The maximum atomic E-state index is 13.0. The molecule has 0 saturated carbocycles. The first kappa shape index (κ1) is 20.6. The number of thiophene rings is 1. The van der Waals surface area contributed by atoms with Crippen LogP contribution in [0.5, 0.6) is 0 Å². The molecule has 0 aliphatic carbocycles. The van der Waals surface area contributed by atoms with E-state index in [4.69, 9.17) is 0 Å². The van der Waals surface area contributed by atoms with E-state index in [9.17, 15) is 4.39 Å². The monoisotopic (exact) mass is 403 g/mol. The number of hydrogen-bond donors (Lipinski definition) is 2. The van der Waals surface area contributed by atoms with E-state index in [1.807, 2.05) is 30.5 Å². The normalized spacial score (nSPS) is 15.9. The van der Waals surface area contributed by atoms with Crippen LogP contribution < -0.4 is 15.5 Å². The number of guanidine groups is 1. The zero-order valence-corrected chi connectivity index (χ0v) is 17.5. The van der Waals surface area contributed by atoms with Crippen LogP contribution in [0.25, 0.3) is 0 Å². The minimum Gasteiger partial charge on any atom is -0.363 e. The second-order valence-corrected chi connectivity index (χ2v) is 8.15. The molecule has 2 heterocycles. The summed E-state index contributed by atoms with van der Waals surface area (Å²) in [5.41, 5.74) is 1.11. The zero-order valence-electron chi connectivity index (χ0n) is 16.7. The number of benzene rings is 1. The molecule has 1 fully saturated rings. The van der Waals surface area contributed by atoms with E-state index >= 15 is 0 Å². The zero-order chi connectivity index (χ0) is 19.8. The quantitative estimate of drug-likeness (QED) is 0.551. The van der Waals surface area contributed by atoms with Gasteiger partial charge in [-0.05, 0) is 55.1 Å². The minimum atomic E-state index is -0.191. The Bertz CT molecular complexity index is 724. The third-order valence-corrected chi connectivity index (χ3v) is 5.96. The third-order valence-electron chi connectivity index (χ3n) is 5.03. The molecule has 0 bridgehead atoms. The SMILES string of the molecule is CN=C(NCCN(C)Cc1ccc(F)cc1)NC1CCN(c2cccs2)CC1. The summed E-state index contributed by atoms with van der Waals surface area (Å²) < 4.78 is 13.0. The summed E-state index contributed by atoms with van der Waals surface area (Å²) in [5, 5.41) is 10.5. The van der Waals surface area contributed by atoms with Crippen molar-refractivity contribution in [2.24, 2.45) is 4.99 Å². The molecular formula is C21H30FN5S. The lowest BCUT2D eigenvalue weighted by Gasteiger charge is -2.33. The van der Waals surface area contributed by atoms with Crippen molar-refractivity contribution in [3.63, 3.8) is 0 Å². The van der Waals surface area contributed by atoms with Crippen molar-refractivity contribution in [1.82, 2.24) is 15.5 Å². The van der Waals surface area contributed by atoms with Gasteiger partial charge in [0.15, 0.2) is 5.96 Å². The molecule has 0 atom stereocenters. The molecule has 1 aliphatic heterocycles. The summed E-state index contributed by atoms with van der Waals surface area (Å²) in [6.45, 7) is 4.65. The van der Waals surface area contributed by atoms with Gasteiger partial charge in [-0.1, -0.05) is 12.1 Å². The number of piperidine rings is 1. The molecule has 0 radical (unpaired) electrons. The Kier molecular flexibility index (Phi) is 7.68. The molecule has 0 spiro atoms. The first-order chi connectivity index (χ1) is 13.6. The summed E-state index contributed by atoms with van der Waals surface area (Å²) in [7, 11) is 3.89. The van der Waals surface area contributed by atoms with Gasteiger partial charge >= 0.3 is 0 Å². The van der Waals surface area contributed by atoms with Gasteiger partial charge in [-0.3, -0.25) is 4.99 Å². The van der Waals surface area contributed by atoms with Crippen molar-refractivity contribution < 1.29 is 4.39 Å². The van der Waals surface area contributed by atoms with Crippen LogP contribution in [0.1, 0.15) is 18.4 Å². The molecule has 1 aromatic carbocycles. The molecule has 152 valence electrons. The highest BCUT2D eigenvalue weighted by Gasteiger charge is 2.20. The van der Waals surface area contributed by atoms with Gasteiger partial charge in [0.05, 0.1) is 5.00 Å².